The van der Waals surface area contributed by atoms with Gasteiger partial charge in [0, 0.05) is 31.5 Å². The molecule has 1 saturated heterocycles. The number of fused-ring (bicyclic) bond motifs is 5. The number of anilines is 1. The van der Waals surface area contributed by atoms with Gasteiger partial charge < -0.3 is 9.64 Å². The normalized spacial score (nSPS) is 22.0. The van der Waals surface area contributed by atoms with Gasteiger partial charge in [-0.2, -0.15) is 0 Å². The van der Waals surface area contributed by atoms with E-state index >= 15 is 0 Å². The summed E-state index contributed by atoms with van der Waals surface area (Å²) in [6.45, 7) is 8.03. The molecule has 0 N–H and O–H groups in total. The number of allylic oxidation sites excluding steroid dienone is 1. The number of hydrogen-bond donors (Lipinski definition) is 0. The number of pyridine rings is 1. The van der Waals surface area contributed by atoms with Gasteiger partial charge in [0.25, 0.3) is 0 Å². The number of carbonyl (C=O) groups is 1. The van der Waals surface area contributed by atoms with Crippen LogP contribution in [-0.2, 0) is 4.79 Å². The fraction of sp³-hybridized carbons (Fsp3) is 0.474. The Morgan fingerprint density at radius 3 is 3.20 bits per heavy atom. The first kappa shape index (κ1) is 16.0. The summed E-state index contributed by atoms with van der Waals surface area (Å²) in [5.74, 6) is 2.74. The molecule has 6 heteroatoms. The molecule has 4 rings (SSSR count). The van der Waals surface area contributed by atoms with E-state index in [4.69, 9.17) is 9.72 Å². The zero-order valence-corrected chi connectivity index (χ0v) is 14.4. The van der Waals surface area contributed by atoms with Gasteiger partial charge in [-0.25, -0.2) is 15.0 Å². The van der Waals surface area contributed by atoms with Crippen LogP contribution in [-0.4, -0.2) is 40.4 Å². The third-order valence-electron chi connectivity index (χ3n) is 5.37. The Balaban J connectivity index is 1.60. The molecule has 0 spiro atoms. The van der Waals surface area contributed by atoms with Crippen molar-refractivity contribution in [2.24, 2.45) is 11.8 Å². The van der Waals surface area contributed by atoms with E-state index in [0.29, 0.717) is 24.9 Å². The third-order valence-corrected chi connectivity index (χ3v) is 5.37. The fourth-order valence-electron chi connectivity index (χ4n) is 3.88. The Kier molecular flexibility index (Phi) is 4.11. The average molecular weight is 338 g/mol. The van der Waals surface area contributed by atoms with Gasteiger partial charge in [0.2, 0.25) is 0 Å². The van der Waals surface area contributed by atoms with Crippen LogP contribution in [0.1, 0.15) is 25.0 Å². The van der Waals surface area contributed by atoms with Crippen molar-refractivity contribution < 1.29 is 9.53 Å². The molecule has 2 aromatic heterocycles. The van der Waals surface area contributed by atoms with Crippen molar-refractivity contribution >= 4 is 22.6 Å². The van der Waals surface area contributed by atoms with Crippen molar-refractivity contribution in [3.05, 3.63) is 30.7 Å². The van der Waals surface area contributed by atoms with Gasteiger partial charge in [-0.15, -0.1) is 0 Å². The number of aromatic nitrogens is 3. The largest absolute Gasteiger partial charge is 0.489 e. The molecule has 2 atom stereocenters. The second-order valence-electron chi connectivity index (χ2n) is 6.91. The van der Waals surface area contributed by atoms with Crippen molar-refractivity contribution in [1.29, 1.82) is 0 Å². The molecule has 2 aromatic rings. The molecule has 1 fully saturated rings. The molecule has 130 valence electrons. The van der Waals surface area contributed by atoms with Crippen LogP contribution in [0.3, 0.4) is 0 Å². The van der Waals surface area contributed by atoms with Crippen LogP contribution in [0, 0.1) is 18.8 Å². The molecule has 1 unspecified atom stereocenters. The first-order valence-corrected chi connectivity index (χ1v) is 8.81. The Morgan fingerprint density at radius 1 is 1.48 bits per heavy atom. The van der Waals surface area contributed by atoms with Crippen molar-refractivity contribution in [2.45, 2.75) is 26.2 Å². The molecule has 0 radical (unpaired) electrons. The third kappa shape index (κ3) is 2.97. The van der Waals surface area contributed by atoms with Gasteiger partial charge in [0.05, 0.1) is 17.8 Å². The van der Waals surface area contributed by atoms with E-state index in [2.05, 4.69) is 21.4 Å². The van der Waals surface area contributed by atoms with E-state index in [-0.39, 0.29) is 5.78 Å². The lowest BCUT2D eigenvalue weighted by atomic mass is 9.82. The summed E-state index contributed by atoms with van der Waals surface area (Å²) < 4.78 is 6.10. The first-order valence-electron chi connectivity index (χ1n) is 8.81. The zero-order chi connectivity index (χ0) is 17.4. The second-order valence-corrected chi connectivity index (χ2v) is 6.91. The van der Waals surface area contributed by atoms with E-state index in [9.17, 15) is 4.79 Å². The summed E-state index contributed by atoms with van der Waals surface area (Å²) in [5, 5.41) is 0. The maximum Gasteiger partial charge on any atom is 0.172 e. The predicted octanol–water partition coefficient (Wildman–Crippen LogP) is 2.70. The van der Waals surface area contributed by atoms with Crippen molar-refractivity contribution in [2.75, 3.05) is 24.6 Å². The summed E-state index contributed by atoms with van der Waals surface area (Å²) in [5.41, 5.74) is 2.53. The molecule has 4 heterocycles. The summed E-state index contributed by atoms with van der Waals surface area (Å²) in [4.78, 5) is 27.3. The van der Waals surface area contributed by atoms with Crippen LogP contribution in [0.25, 0.3) is 11.0 Å². The van der Waals surface area contributed by atoms with E-state index < -0.39 is 0 Å². The Labute approximate surface area is 146 Å². The Bertz CT molecular complexity index is 836. The Morgan fingerprint density at radius 2 is 2.36 bits per heavy atom. The number of aryl methyl sites for hydroxylation is 1. The number of piperidine rings is 1. The SMILES string of the molecule is C=CC(=O)CCC1CCN2C[C@@H]1COc1cc3ncnc(C)c3nc12. The van der Waals surface area contributed by atoms with E-state index in [0.717, 1.165) is 54.2 Å². The van der Waals surface area contributed by atoms with Crippen molar-refractivity contribution in [1.82, 2.24) is 15.0 Å². The van der Waals surface area contributed by atoms with Gasteiger partial charge in [0.1, 0.15) is 11.8 Å². The number of rotatable bonds is 4. The van der Waals surface area contributed by atoms with Gasteiger partial charge in [-0.3, -0.25) is 4.79 Å². The number of ketones is 1. The molecule has 2 bridgehead atoms. The maximum absolute atomic E-state index is 11.6. The van der Waals surface area contributed by atoms with E-state index in [1.165, 1.54) is 6.08 Å². The summed E-state index contributed by atoms with van der Waals surface area (Å²) in [7, 11) is 0. The molecule has 25 heavy (non-hydrogen) atoms. The number of hydrogen-bond acceptors (Lipinski definition) is 6. The highest BCUT2D eigenvalue weighted by Gasteiger charge is 2.34. The van der Waals surface area contributed by atoms with E-state index in [1.807, 2.05) is 13.0 Å². The quantitative estimate of drug-likeness (QED) is 0.799. The van der Waals surface area contributed by atoms with Crippen LogP contribution < -0.4 is 9.64 Å². The molecular weight excluding hydrogens is 316 g/mol. The minimum absolute atomic E-state index is 0.127. The topological polar surface area (TPSA) is 68.2 Å². The van der Waals surface area contributed by atoms with Crippen molar-refractivity contribution in [3.63, 3.8) is 0 Å². The van der Waals surface area contributed by atoms with Crippen LogP contribution >= 0.6 is 0 Å². The van der Waals surface area contributed by atoms with E-state index in [1.54, 1.807) is 6.33 Å². The minimum Gasteiger partial charge on any atom is -0.489 e. The van der Waals surface area contributed by atoms with Crippen LogP contribution in [0.2, 0.25) is 0 Å². The molecule has 2 aliphatic rings. The minimum atomic E-state index is 0.127. The number of nitrogens with zero attached hydrogens (tertiary/aromatic N) is 4. The highest BCUT2D eigenvalue weighted by atomic mass is 16.5. The number of carbonyl (C=O) groups excluding carboxylic acids is 1. The predicted molar refractivity (Wildman–Crippen MR) is 95.8 cm³/mol. The average Bonchev–Trinajstić information content (AvgIpc) is 2.77. The van der Waals surface area contributed by atoms with Crippen molar-refractivity contribution in [3.8, 4) is 5.75 Å². The van der Waals surface area contributed by atoms with Gasteiger partial charge in [-0.05, 0) is 31.8 Å². The highest BCUT2D eigenvalue weighted by Crippen LogP contribution is 2.39. The lowest BCUT2D eigenvalue weighted by Gasteiger charge is -2.36. The smallest absolute Gasteiger partial charge is 0.172 e. The number of ether oxygens (including phenoxy) is 1. The molecule has 0 saturated carbocycles. The second kappa shape index (κ2) is 6.43. The lowest BCUT2D eigenvalue weighted by Crippen LogP contribution is -2.41. The molecule has 6 nitrogen and oxygen atoms in total. The maximum atomic E-state index is 11.6. The van der Waals surface area contributed by atoms with Gasteiger partial charge >= 0.3 is 0 Å². The Hall–Kier alpha value is -2.50. The molecule has 2 aliphatic heterocycles. The van der Waals surface area contributed by atoms with Crippen LogP contribution in [0.5, 0.6) is 5.75 Å². The molecule has 0 amide bonds. The van der Waals surface area contributed by atoms with Crippen LogP contribution in [0.15, 0.2) is 25.0 Å². The summed E-state index contributed by atoms with van der Waals surface area (Å²) in [6, 6.07) is 1.98. The summed E-state index contributed by atoms with van der Waals surface area (Å²) in [6.07, 6.45) is 5.53. The molecule has 0 aliphatic carbocycles. The van der Waals surface area contributed by atoms with Gasteiger partial charge in [-0.1, -0.05) is 6.58 Å². The molecule has 0 aromatic carbocycles. The van der Waals surface area contributed by atoms with Gasteiger partial charge in [0.15, 0.2) is 17.4 Å². The highest BCUT2D eigenvalue weighted by molar-refractivity contribution is 5.89. The summed E-state index contributed by atoms with van der Waals surface area (Å²) >= 11 is 0. The monoisotopic (exact) mass is 338 g/mol. The molecular formula is C19H22N4O2. The zero-order valence-electron chi connectivity index (χ0n) is 14.4. The first-order chi connectivity index (χ1) is 12.2. The van der Waals surface area contributed by atoms with Crippen LogP contribution in [0.4, 0.5) is 5.82 Å². The lowest BCUT2D eigenvalue weighted by molar-refractivity contribution is -0.115. The standard InChI is InChI=1S/C19H22N4O2/c1-3-15(24)5-4-13-6-7-23-9-14(13)10-25-17-8-16-18(22-19(17)23)12(2)20-11-21-16/h3,8,11,13-14H,1,4-7,9-10H2,2H3/t13?,14-/m1/s1. The fourth-order valence-corrected chi connectivity index (χ4v) is 3.88.